The smallest absolute Gasteiger partial charge is 0.168 e. The molecule has 16 heavy (non-hydrogen) atoms. The summed E-state index contributed by atoms with van der Waals surface area (Å²) in [7, 11) is 2.18. The van der Waals surface area contributed by atoms with Gasteiger partial charge < -0.3 is 9.47 Å². The maximum atomic E-state index is 10.7. The van der Waals surface area contributed by atoms with Gasteiger partial charge in [-0.15, -0.1) is 0 Å². The molecule has 1 fully saturated rings. The van der Waals surface area contributed by atoms with E-state index in [1.54, 1.807) is 12.5 Å². The maximum absolute atomic E-state index is 10.7. The van der Waals surface area contributed by atoms with Crippen molar-refractivity contribution in [3.8, 4) is 0 Å². The average molecular weight is 221 g/mol. The molecule has 0 bridgehead atoms. The van der Waals surface area contributed by atoms with Gasteiger partial charge in [0.25, 0.3) is 0 Å². The number of piperidine rings is 1. The van der Waals surface area contributed by atoms with Crippen molar-refractivity contribution in [2.45, 2.75) is 25.8 Å². The highest BCUT2D eigenvalue weighted by molar-refractivity contribution is 5.71. The van der Waals surface area contributed by atoms with Gasteiger partial charge in [0.05, 0.1) is 12.5 Å². The van der Waals surface area contributed by atoms with Gasteiger partial charge in [-0.3, -0.25) is 4.79 Å². The number of nitrogens with zero attached hydrogens (tertiary/aromatic N) is 3. The third-order valence-corrected chi connectivity index (χ3v) is 3.48. The molecule has 1 aliphatic heterocycles. The summed E-state index contributed by atoms with van der Waals surface area (Å²) in [6.07, 6.45) is 7.97. The number of hydrogen-bond donors (Lipinski definition) is 0. The first-order chi connectivity index (χ1) is 7.79. The first kappa shape index (κ1) is 11.3. The molecule has 0 amide bonds. The fraction of sp³-hybridized carbons (Fsp3) is 0.667. The van der Waals surface area contributed by atoms with Gasteiger partial charge in [0.2, 0.25) is 0 Å². The van der Waals surface area contributed by atoms with Crippen molar-refractivity contribution in [2.24, 2.45) is 5.92 Å². The van der Waals surface area contributed by atoms with Gasteiger partial charge in [0.15, 0.2) is 6.29 Å². The van der Waals surface area contributed by atoms with E-state index in [2.05, 4.69) is 16.9 Å². The number of aryl methyl sites for hydroxylation is 1. The van der Waals surface area contributed by atoms with Crippen LogP contribution in [0.2, 0.25) is 0 Å². The highest BCUT2D eigenvalue weighted by Crippen LogP contribution is 2.20. The molecule has 1 aromatic heterocycles. The van der Waals surface area contributed by atoms with Crippen LogP contribution in [0.25, 0.3) is 0 Å². The molecular formula is C12H19N3O. The van der Waals surface area contributed by atoms with Crippen molar-refractivity contribution in [3.05, 3.63) is 18.2 Å². The topological polar surface area (TPSA) is 38.1 Å². The fourth-order valence-electron chi connectivity index (χ4n) is 2.29. The molecular weight excluding hydrogens is 202 g/mol. The van der Waals surface area contributed by atoms with Crippen LogP contribution in [0, 0.1) is 5.92 Å². The molecule has 0 atom stereocenters. The van der Waals surface area contributed by atoms with Crippen molar-refractivity contribution in [2.75, 3.05) is 20.1 Å². The van der Waals surface area contributed by atoms with Crippen LogP contribution < -0.4 is 0 Å². The lowest BCUT2D eigenvalue weighted by Gasteiger charge is -2.28. The number of carbonyl (C=O) groups excluding carboxylic acids is 1. The molecule has 2 heterocycles. The molecule has 0 unspecified atom stereocenters. The molecule has 1 aromatic rings. The molecule has 0 aliphatic carbocycles. The number of aldehydes is 1. The lowest BCUT2D eigenvalue weighted by Crippen LogP contribution is -2.30. The minimum atomic E-state index is 0.688. The minimum Gasteiger partial charge on any atom is -0.328 e. The lowest BCUT2D eigenvalue weighted by molar-refractivity contribution is 0.111. The van der Waals surface area contributed by atoms with Crippen LogP contribution in [0.3, 0.4) is 0 Å². The summed E-state index contributed by atoms with van der Waals surface area (Å²) in [5.41, 5.74) is 0.688. The van der Waals surface area contributed by atoms with Gasteiger partial charge in [-0.1, -0.05) is 0 Å². The Morgan fingerprint density at radius 1 is 1.50 bits per heavy atom. The Balaban J connectivity index is 1.81. The molecule has 0 spiro atoms. The highest BCUT2D eigenvalue weighted by atomic mass is 16.1. The molecule has 1 aliphatic rings. The van der Waals surface area contributed by atoms with E-state index >= 15 is 0 Å². The molecule has 0 aromatic carbocycles. The zero-order valence-electron chi connectivity index (χ0n) is 9.80. The predicted octanol–water partition coefficient (Wildman–Crippen LogP) is 1.43. The van der Waals surface area contributed by atoms with Gasteiger partial charge in [0.1, 0.15) is 5.69 Å². The Kier molecular flexibility index (Phi) is 3.72. The largest absolute Gasteiger partial charge is 0.328 e. The first-order valence-electron chi connectivity index (χ1n) is 5.93. The van der Waals surface area contributed by atoms with Crippen molar-refractivity contribution < 1.29 is 4.79 Å². The van der Waals surface area contributed by atoms with Crippen LogP contribution >= 0.6 is 0 Å². The Bertz CT molecular complexity index is 340. The first-order valence-corrected chi connectivity index (χ1v) is 5.93. The molecule has 1 saturated heterocycles. The summed E-state index contributed by atoms with van der Waals surface area (Å²) in [4.78, 5) is 17.1. The van der Waals surface area contributed by atoms with Crippen molar-refractivity contribution >= 4 is 6.29 Å². The average Bonchev–Trinajstić information content (AvgIpc) is 2.76. The third-order valence-electron chi connectivity index (χ3n) is 3.48. The summed E-state index contributed by atoms with van der Waals surface area (Å²) in [5.74, 6) is 0.804. The number of aromatic nitrogens is 2. The summed E-state index contributed by atoms with van der Waals surface area (Å²) in [6.45, 7) is 3.33. The lowest BCUT2D eigenvalue weighted by atomic mass is 9.94. The highest BCUT2D eigenvalue weighted by Gasteiger charge is 2.16. The van der Waals surface area contributed by atoms with E-state index in [-0.39, 0.29) is 0 Å². The zero-order valence-corrected chi connectivity index (χ0v) is 9.80. The molecule has 88 valence electrons. The van der Waals surface area contributed by atoms with Gasteiger partial charge in [-0.2, -0.15) is 0 Å². The van der Waals surface area contributed by atoms with E-state index in [4.69, 9.17) is 0 Å². The molecule has 0 N–H and O–H groups in total. The minimum absolute atomic E-state index is 0.688. The predicted molar refractivity (Wildman–Crippen MR) is 62.5 cm³/mol. The maximum Gasteiger partial charge on any atom is 0.168 e. The molecule has 0 saturated carbocycles. The van der Waals surface area contributed by atoms with Gasteiger partial charge >= 0.3 is 0 Å². The van der Waals surface area contributed by atoms with Crippen LogP contribution in [-0.4, -0.2) is 40.9 Å². The number of likely N-dealkylation sites (tertiary alicyclic amines) is 1. The zero-order chi connectivity index (χ0) is 11.4. The van der Waals surface area contributed by atoms with E-state index in [9.17, 15) is 4.79 Å². The normalized spacial score (nSPS) is 18.8. The Labute approximate surface area is 96.3 Å². The van der Waals surface area contributed by atoms with Crippen LogP contribution in [0.1, 0.15) is 29.8 Å². The second-order valence-electron chi connectivity index (χ2n) is 4.67. The summed E-state index contributed by atoms with van der Waals surface area (Å²) in [6, 6.07) is 0. The van der Waals surface area contributed by atoms with Gasteiger partial charge in [0, 0.05) is 6.54 Å². The van der Waals surface area contributed by atoms with Crippen LogP contribution in [0.15, 0.2) is 12.5 Å². The van der Waals surface area contributed by atoms with Crippen LogP contribution in [-0.2, 0) is 6.54 Å². The monoisotopic (exact) mass is 221 g/mol. The van der Waals surface area contributed by atoms with E-state index in [1.165, 1.54) is 25.9 Å². The SMILES string of the molecule is CN1CCC(CCn2cncc2C=O)CC1. The molecule has 2 rings (SSSR count). The molecule has 4 heteroatoms. The third kappa shape index (κ3) is 2.70. The molecule has 4 nitrogen and oxygen atoms in total. The van der Waals surface area contributed by atoms with E-state index in [1.807, 2.05) is 4.57 Å². The van der Waals surface area contributed by atoms with Crippen LogP contribution in [0.4, 0.5) is 0 Å². The van der Waals surface area contributed by atoms with Gasteiger partial charge in [-0.05, 0) is 45.3 Å². The quantitative estimate of drug-likeness (QED) is 0.722. The number of imidazole rings is 1. The summed E-state index contributed by atoms with van der Waals surface area (Å²) >= 11 is 0. The Hall–Kier alpha value is -1.16. The second-order valence-corrected chi connectivity index (χ2v) is 4.67. The van der Waals surface area contributed by atoms with Crippen molar-refractivity contribution in [1.82, 2.24) is 14.5 Å². The van der Waals surface area contributed by atoms with E-state index in [0.29, 0.717) is 5.69 Å². The fourth-order valence-corrected chi connectivity index (χ4v) is 2.29. The summed E-state index contributed by atoms with van der Waals surface area (Å²) in [5, 5.41) is 0. The number of carbonyl (C=O) groups is 1. The number of hydrogen-bond acceptors (Lipinski definition) is 3. The Morgan fingerprint density at radius 2 is 2.25 bits per heavy atom. The Morgan fingerprint density at radius 3 is 2.94 bits per heavy atom. The van der Waals surface area contributed by atoms with Crippen molar-refractivity contribution in [1.29, 1.82) is 0 Å². The second kappa shape index (κ2) is 5.25. The van der Waals surface area contributed by atoms with Gasteiger partial charge in [-0.25, -0.2) is 4.98 Å². The van der Waals surface area contributed by atoms with E-state index in [0.717, 1.165) is 25.2 Å². The van der Waals surface area contributed by atoms with Crippen LogP contribution in [0.5, 0.6) is 0 Å². The number of rotatable bonds is 4. The standard InChI is InChI=1S/C12H19N3O/c1-14-5-2-11(3-6-14)4-7-15-10-13-8-12(15)9-16/h8-11H,2-7H2,1H3. The molecule has 0 radical (unpaired) electrons. The summed E-state index contributed by atoms with van der Waals surface area (Å²) < 4.78 is 1.95. The van der Waals surface area contributed by atoms with E-state index < -0.39 is 0 Å². The van der Waals surface area contributed by atoms with Crippen molar-refractivity contribution in [3.63, 3.8) is 0 Å².